The standard InChI is InChI=1S/C28H26IN3O4S/c1-2-35-23-16-20(15-22(29)26(23)36-18-25(30)33)17-24-27(34)32(14-13-19-9-5-3-6-10-19)28(37-24)31-21-11-7-4-8-12-21/h3-12,15-17H,2,13-14,18H2,1H3,(H2,30,33). The van der Waals surface area contributed by atoms with Gasteiger partial charge in [0.25, 0.3) is 11.8 Å². The number of rotatable bonds is 10. The first-order valence-corrected chi connectivity index (χ1v) is 13.6. The number of aliphatic imine (C=N–C) groups is 1. The maximum Gasteiger partial charge on any atom is 0.266 e. The van der Waals surface area contributed by atoms with Gasteiger partial charge in [0, 0.05) is 6.54 Å². The molecular weight excluding hydrogens is 601 g/mol. The van der Waals surface area contributed by atoms with Crippen molar-refractivity contribution in [1.29, 1.82) is 0 Å². The van der Waals surface area contributed by atoms with Gasteiger partial charge in [-0.25, -0.2) is 4.99 Å². The third kappa shape index (κ3) is 7.14. The molecule has 3 aromatic rings. The number of benzene rings is 3. The molecule has 2 N–H and O–H groups in total. The average molecular weight is 628 g/mol. The van der Waals surface area contributed by atoms with Gasteiger partial charge in [-0.05, 0) is 89.2 Å². The lowest BCUT2D eigenvalue weighted by molar-refractivity contribution is -0.122. The van der Waals surface area contributed by atoms with Crippen LogP contribution in [0.3, 0.4) is 0 Å². The minimum Gasteiger partial charge on any atom is -0.490 e. The number of nitrogens with zero attached hydrogens (tertiary/aromatic N) is 2. The number of amidine groups is 1. The summed E-state index contributed by atoms with van der Waals surface area (Å²) in [6.07, 6.45) is 2.55. The van der Waals surface area contributed by atoms with Crippen molar-refractivity contribution in [2.45, 2.75) is 13.3 Å². The smallest absolute Gasteiger partial charge is 0.266 e. The van der Waals surface area contributed by atoms with E-state index in [0.717, 1.165) is 20.4 Å². The summed E-state index contributed by atoms with van der Waals surface area (Å²) < 4.78 is 12.1. The quantitative estimate of drug-likeness (QED) is 0.240. The van der Waals surface area contributed by atoms with Gasteiger partial charge in [0.15, 0.2) is 23.3 Å². The van der Waals surface area contributed by atoms with Crippen LogP contribution in [0.15, 0.2) is 82.7 Å². The molecule has 0 aliphatic carbocycles. The first-order valence-electron chi connectivity index (χ1n) is 11.7. The molecule has 0 bridgehead atoms. The Labute approximate surface area is 233 Å². The third-order valence-electron chi connectivity index (χ3n) is 5.32. The molecule has 1 fully saturated rings. The fraction of sp³-hybridized carbons (Fsp3) is 0.179. The van der Waals surface area contributed by atoms with Gasteiger partial charge in [0.1, 0.15) is 0 Å². The number of para-hydroxylation sites is 1. The molecule has 1 aliphatic heterocycles. The summed E-state index contributed by atoms with van der Waals surface area (Å²) in [5.41, 5.74) is 7.95. The molecule has 3 aromatic carbocycles. The summed E-state index contributed by atoms with van der Waals surface area (Å²) in [5, 5.41) is 0.638. The van der Waals surface area contributed by atoms with Gasteiger partial charge in [0.2, 0.25) is 0 Å². The van der Waals surface area contributed by atoms with E-state index in [0.29, 0.717) is 41.1 Å². The zero-order valence-electron chi connectivity index (χ0n) is 20.2. The fourth-order valence-electron chi connectivity index (χ4n) is 3.66. The molecule has 7 nitrogen and oxygen atoms in total. The van der Waals surface area contributed by atoms with Gasteiger partial charge >= 0.3 is 0 Å². The van der Waals surface area contributed by atoms with Crippen molar-refractivity contribution in [3.63, 3.8) is 0 Å². The molecule has 0 radical (unpaired) electrons. The van der Waals surface area contributed by atoms with E-state index >= 15 is 0 Å². The van der Waals surface area contributed by atoms with Crippen LogP contribution in [-0.4, -0.2) is 41.6 Å². The minimum absolute atomic E-state index is 0.0994. The van der Waals surface area contributed by atoms with E-state index in [9.17, 15) is 9.59 Å². The first-order chi connectivity index (χ1) is 17.9. The third-order valence-corrected chi connectivity index (χ3v) is 7.13. The Kier molecular flexibility index (Phi) is 9.24. The lowest BCUT2D eigenvalue weighted by Crippen LogP contribution is -2.31. The molecule has 2 amide bonds. The number of halogens is 1. The number of primary amides is 1. The highest BCUT2D eigenvalue weighted by Gasteiger charge is 2.33. The molecule has 1 saturated heterocycles. The van der Waals surface area contributed by atoms with E-state index in [-0.39, 0.29) is 12.5 Å². The van der Waals surface area contributed by atoms with Crippen molar-refractivity contribution in [2.24, 2.45) is 10.7 Å². The second-order valence-corrected chi connectivity index (χ2v) is 10.2. The van der Waals surface area contributed by atoms with Gasteiger partial charge in [-0.2, -0.15) is 0 Å². The molecule has 9 heteroatoms. The van der Waals surface area contributed by atoms with E-state index in [1.54, 1.807) is 11.0 Å². The van der Waals surface area contributed by atoms with Crippen LogP contribution >= 0.6 is 34.4 Å². The van der Waals surface area contributed by atoms with Crippen LogP contribution in [0, 0.1) is 3.57 Å². The molecule has 1 heterocycles. The molecule has 4 rings (SSSR count). The molecular formula is C28H26IN3O4S. The maximum atomic E-state index is 13.5. The van der Waals surface area contributed by atoms with Crippen LogP contribution in [0.25, 0.3) is 6.08 Å². The largest absolute Gasteiger partial charge is 0.490 e. The van der Waals surface area contributed by atoms with Crippen LogP contribution in [0.4, 0.5) is 5.69 Å². The second kappa shape index (κ2) is 12.8. The van der Waals surface area contributed by atoms with E-state index in [1.807, 2.05) is 67.6 Å². The molecule has 1 aliphatic rings. The normalized spacial score (nSPS) is 15.4. The number of carbonyl (C=O) groups is 2. The van der Waals surface area contributed by atoms with E-state index in [1.165, 1.54) is 11.8 Å². The molecule has 0 saturated carbocycles. The highest BCUT2D eigenvalue weighted by Crippen LogP contribution is 2.38. The number of hydrogen-bond acceptors (Lipinski definition) is 6. The van der Waals surface area contributed by atoms with Crippen molar-refractivity contribution >= 4 is 63.1 Å². The summed E-state index contributed by atoms with van der Waals surface area (Å²) in [6, 6.07) is 23.3. The predicted molar refractivity (Wildman–Crippen MR) is 156 cm³/mol. The van der Waals surface area contributed by atoms with E-state index < -0.39 is 5.91 Å². The zero-order valence-corrected chi connectivity index (χ0v) is 23.2. The number of ether oxygens (including phenoxy) is 2. The number of amides is 2. The molecule has 0 aromatic heterocycles. The van der Waals surface area contributed by atoms with E-state index in [2.05, 4.69) is 34.7 Å². The monoisotopic (exact) mass is 627 g/mol. The summed E-state index contributed by atoms with van der Waals surface area (Å²) in [5.74, 6) is 0.262. The number of nitrogens with two attached hydrogens (primary N) is 1. The number of hydrogen-bond donors (Lipinski definition) is 1. The summed E-state index contributed by atoms with van der Waals surface area (Å²) in [7, 11) is 0. The second-order valence-electron chi connectivity index (χ2n) is 8.05. The SMILES string of the molecule is CCOc1cc(C=C2SC(=Nc3ccccc3)N(CCc3ccccc3)C2=O)cc(I)c1OCC(N)=O. The summed E-state index contributed by atoms with van der Waals surface area (Å²) >= 11 is 3.47. The van der Waals surface area contributed by atoms with Crippen LogP contribution in [-0.2, 0) is 16.0 Å². The molecule has 37 heavy (non-hydrogen) atoms. The Hall–Kier alpha value is -3.31. The lowest BCUT2D eigenvalue weighted by Gasteiger charge is -2.15. The van der Waals surface area contributed by atoms with Crippen LogP contribution in [0.5, 0.6) is 11.5 Å². The Morgan fingerprint density at radius 1 is 1.08 bits per heavy atom. The van der Waals surface area contributed by atoms with E-state index in [4.69, 9.17) is 20.2 Å². The Bertz CT molecular complexity index is 1330. The van der Waals surface area contributed by atoms with Gasteiger partial charge in [-0.3, -0.25) is 14.5 Å². The van der Waals surface area contributed by atoms with Crippen LogP contribution in [0.1, 0.15) is 18.1 Å². The average Bonchev–Trinajstić information content (AvgIpc) is 3.17. The van der Waals surface area contributed by atoms with Gasteiger partial charge in [-0.15, -0.1) is 0 Å². The van der Waals surface area contributed by atoms with Crippen LogP contribution < -0.4 is 15.2 Å². The topological polar surface area (TPSA) is 94.2 Å². The molecule has 0 spiro atoms. The highest BCUT2D eigenvalue weighted by atomic mass is 127. The Morgan fingerprint density at radius 2 is 1.78 bits per heavy atom. The predicted octanol–water partition coefficient (Wildman–Crippen LogP) is 5.40. The molecule has 0 atom stereocenters. The van der Waals surface area contributed by atoms with Crippen molar-refractivity contribution in [3.05, 3.63) is 92.4 Å². The Balaban J connectivity index is 1.65. The Morgan fingerprint density at radius 3 is 2.46 bits per heavy atom. The zero-order chi connectivity index (χ0) is 26.2. The summed E-state index contributed by atoms with van der Waals surface area (Å²) in [6.45, 7) is 2.54. The van der Waals surface area contributed by atoms with Crippen molar-refractivity contribution < 1.29 is 19.1 Å². The minimum atomic E-state index is -0.571. The van der Waals surface area contributed by atoms with Gasteiger partial charge in [0.05, 0.1) is 20.8 Å². The first kappa shape index (κ1) is 26.7. The van der Waals surface area contributed by atoms with Gasteiger partial charge in [-0.1, -0.05) is 48.5 Å². The lowest BCUT2D eigenvalue weighted by atomic mass is 10.1. The van der Waals surface area contributed by atoms with Gasteiger partial charge < -0.3 is 15.2 Å². The van der Waals surface area contributed by atoms with Crippen molar-refractivity contribution in [2.75, 3.05) is 19.8 Å². The van der Waals surface area contributed by atoms with Crippen molar-refractivity contribution in [3.8, 4) is 11.5 Å². The van der Waals surface area contributed by atoms with Crippen molar-refractivity contribution in [1.82, 2.24) is 4.90 Å². The highest BCUT2D eigenvalue weighted by molar-refractivity contribution is 14.1. The molecule has 0 unspecified atom stereocenters. The number of carbonyl (C=O) groups excluding carboxylic acids is 2. The maximum absolute atomic E-state index is 13.5. The summed E-state index contributed by atoms with van der Waals surface area (Å²) in [4.78, 5) is 31.8. The fourth-order valence-corrected chi connectivity index (χ4v) is 5.46. The number of thioether (sulfide) groups is 1. The van der Waals surface area contributed by atoms with Crippen LogP contribution in [0.2, 0.25) is 0 Å². The molecule has 190 valence electrons.